The normalized spacial score (nSPS) is 15.7. The number of rotatable bonds is 6. The van der Waals surface area contributed by atoms with Gasteiger partial charge in [-0.2, -0.15) is 43.5 Å². The first-order valence-electron chi connectivity index (χ1n) is 4.18. The van der Waals surface area contributed by atoms with Gasteiger partial charge in [-0.15, -0.1) is 0 Å². The zero-order chi connectivity index (χ0) is 15.9. The highest BCUT2D eigenvalue weighted by atomic mass is 32.2. The highest BCUT2D eigenvalue weighted by Crippen LogP contribution is 2.54. The molecule has 0 heterocycles. The second kappa shape index (κ2) is 4.70. The maximum Gasteiger partial charge on any atom is 0.438 e. The maximum absolute atomic E-state index is 12.7. The zero-order valence-corrected chi connectivity index (χ0v) is 9.63. The first-order valence-corrected chi connectivity index (χ1v) is 5.62. The van der Waals surface area contributed by atoms with Crippen LogP contribution in [0.3, 0.4) is 0 Å². The molecule has 0 saturated carbocycles. The lowest BCUT2D eigenvalue weighted by molar-refractivity contribution is -0.417. The molecule has 0 aliphatic rings. The van der Waals surface area contributed by atoms with Crippen LogP contribution in [0.25, 0.3) is 0 Å². The molecule has 0 bridgehead atoms. The molecule has 0 aliphatic carbocycles. The second-order valence-electron chi connectivity index (χ2n) is 3.09. The van der Waals surface area contributed by atoms with E-state index in [2.05, 4.69) is 4.74 Å². The van der Waals surface area contributed by atoms with Crippen molar-refractivity contribution >= 4 is 10.1 Å². The van der Waals surface area contributed by atoms with Crippen molar-refractivity contribution < 1.29 is 52.8 Å². The highest BCUT2D eigenvalue weighted by Gasteiger charge is 2.85. The van der Waals surface area contributed by atoms with Crippen molar-refractivity contribution in [2.24, 2.45) is 0 Å². The summed E-state index contributed by atoms with van der Waals surface area (Å²) in [5.41, 5.74) is 0. The molecule has 0 aliphatic heterocycles. The molecule has 13 heteroatoms. The Morgan fingerprint density at radius 3 is 1.58 bits per heavy atom. The van der Waals surface area contributed by atoms with Gasteiger partial charge >= 0.3 is 33.3 Å². The molecular formula is C6H6F8O4S. The van der Waals surface area contributed by atoms with Gasteiger partial charge in [0.1, 0.15) is 0 Å². The van der Waals surface area contributed by atoms with E-state index >= 15 is 0 Å². The minimum atomic E-state index is -7.12. The molecule has 0 atom stereocenters. The molecule has 0 unspecified atom stereocenters. The lowest BCUT2D eigenvalue weighted by Gasteiger charge is -2.34. The molecule has 0 rings (SSSR count). The quantitative estimate of drug-likeness (QED) is 0.601. The fourth-order valence-electron chi connectivity index (χ4n) is 0.799. The van der Waals surface area contributed by atoms with Gasteiger partial charge in [0.15, 0.2) is 0 Å². The smallest absolute Gasteiger partial charge is 0.316 e. The van der Waals surface area contributed by atoms with Gasteiger partial charge in [0.2, 0.25) is 0 Å². The van der Waals surface area contributed by atoms with Crippen molar-refractivity contribution in [2.45, 2.75) is 30.1 Å². The molecule has 0 spiro atoms. The van der Waals surface area contributed by atoms with E-state index in [0.29, 0.717) is 6.92 Å². The first kappa shape index (κ1) is 18.3. The van der Waals surface area contributed by atoms with Gasteiger partial charge in [0.25, 0.3) is 0 Å². The molecule has 4 nitrogen and oxygen atoms in total. The molecule has 116 valence electrons. The van der Waals surface area contributed by atoms with Gasteiger partial charge in [-0.05, 0) is 6.92 Å². The number of halogens is 8. The van der Waals surface area contributed by atoms with Gasteiger partial charge in [0, 0.05) is 0 Å². The summed E-state index contributed by atoms with van der Waals surface area (Å²) in [5, 5.41) is -6.84. The zero-order valence-electron chi connectivity index (χ0n) is 8.81. The standard InChI is InChI=1S/C6H6F8O4S/c1-2-18-5(11,12)3(7,8)4(9,10)6(13,14)19(15,16)17/h2H2,1H3,(H,15,16,17). The van der Waals surface area contributed by atoms with Crippen molar-refractivity contribution in [2.75, 3.05) is 6.61 Å². The van der Waals surface area contributed by atoms with Crippen LogP contribution in [0.5, 0.6) is 0 Å². The van der Waals surface area contributed by atoms with Gasteiger partial charge < -0.3 is 4.74 Å². The summed E-state index contributed by atoms with van der Waals surface area (Å²) in [7, 11) is -7.07. The van der Waals surface area contributed by atoms with Crippen molar-refractivity contribution in [1.82, 2.24) is 0 Å². The predicted octanol–water partition coefficient (Wildman–Crippen LogP) is 2.37. The minimum absolute atomic E-state index is 0.670. The third-order valence-electron chi connectivity index (χ3n) is 1.77. The van der Waals surface area contributed by atoms with Crippen molar-refractivity contribution in [3.63, 3.8) is 0 Å². The topological polar surface area (TPSA) is 63.6 Å². The monoisotopic (exact) mass is 326 g/mol. The van der Waals surface area contributed by atoms with E-state index in [4.69, 9.17) is 4.55 Å². The van der Waals surface area contributed by atoms with Crippen LogP contribution >= 0.6 is 0 Å². The van der Waals surface area contributed by atoms with Crippen LogP contribution in [0.2, 0.25) is 0 Å². The third kappa shape index (κ3) is 2.63. The van der Waals surface area contributed by atoms with Crippen LogP contribution in [0.1, 0.15) is 6.92 Å². The molecule has 0 aromatic heterocycles. The van der Waals surface area contributed by atoms with E-state index in [1.54, 1.807) is 0 Å². The number of hydrogen-bond donors (Lipinski definition) is 1. The Hall–Kier alpha value is -0.690. The van der Waals surface area contributed by atoms with Gasteiger partial charge in [-0.25, -0.2) is 0 Å². The van der Waals surface area contributed by atoms with Crippen LogP contribution in [0, 0.1) is 0 Å². The molecule has 0 aromatic carbocycles. The van der Waals surface area contributed by atoms with E-state index in [-0.39, 0.29) is 0 Å². The fourth-order valence-corrected chi connectivity index (χ4v) is 1.25. The second-order valence-corrected chi connectivity index (χ2v) is 4.55. The van der Waals surface area contributed by atoms with E-state index < -0.39 is 39.9 Å². The Labute approximate surface area is 101 Å². The van der Waals surface area contributed by atoms with E-state index in [9.17, 15) is 43.5 Å². The van der Waals surface area contributed by atoms with Gasteiger partial charge in [-0.3, -0.25) is 4.55 Å². The molecule has 0 saturated heterocycles. The van der Waals surface area contributed by atoms with Gasteiger partial charge in [0.05, 0.1) is 6.61 Å². The van der Waals surface area contributed by atoms with Crippen LogP contribution in [-0.4, -0.2) is 42.8 Å². The van der Waals surface area contributed by atoms with Crippen molar-refractivity contribution in [3.8, 4) is 0 Å². The Balaban J connectivity index is 5.91. The third-order valence-corrected chi connectivity index (χ3v) is 2.68. The van der Waals surface area contributed by atoms with E-state index in [0.717, 1.165) is 0 Å². The molecular weight excluding hydrogens is 320 g/mol. The molecule has 0 aromatic rings. The first-order chi connectivity index (χ1) is 8.06. The van der Waals surface area contributed by atoms with E-state index in [1.165, 1.54) is 0 Å². The Kier molecular flexibility index (Phi) is 4.53. The van der Waals surface area contributed by atoms with Crippen LogP contribution in [0.4, 0.5) is 35.1 Å². The minimum Gasteiger partial charge on any atom is -0.316 e. The lowest BCUT2D eigenvalue weighted by Crippen LogP contribution is -2.64. The summed E-state index contributed by atoms with van der Waals surface area (Å²) in [6.07, 6.45) is -6.08. The molecule has 0 fully saturated rings. The summed E-state index contributed by atoms with van der Waals surface area (Å²) < 4.78 is 132. The summed E-state index contributed by atoms with van der Waals surface area (Å²) >= 11 is 0. The predicted molar refractivity (Wildman–Crippen MR) is 43.0 cm³/mol. The number of ether oxygens (including phenoxy) is 1. The molecule has 0 amide bonds. The van der Waals surface area contributed by atoms with Crippen molar-refractivity contribution in [1.29, 1.82) is 0 Å². The largest absolute Gasteiger partial charge is 0.438 e. The lowest BCUT2D eigenvalue weighted by atomic mass is 10.1. The molecule has 0 radical (unpaired) electrons. The Bertz CT molecular complexity index is 431. The number of alkyl halides is 8. The van der Waals surface area contributed by atoms with Gasteiger partial charge in [-0.1, -0.05) is 0 Å². The van der Waals surface area contributed by atoms with Crippen LogP contribution < -0.4 is 0 Å². The summed E-state index contributed by atoms with van der Waals surface area (Å²) in [5.74, 6) is -14.0. The Morgan fingerprint density at radius 2 is 1.32 bits per heavy atom. The Morgan fingerprint density at radius 1 is 0.947 bits per heavy atom. The maximum atomic E-state index is 12.7. The average Bonchev–Trinajstić information content (AvgIpc) is 2.14. The average molecular weight is 326 g/mol. The molecule has 1 N–H and O–H groups in total. The SMILES string of the molecule is CCOC(F)(F)C(F)(F)C(F)(F)C(F)(F)S(=O)(=O)O. The highest BCUT2D eigenvalue weighted by molar-refractivity contribution is 7.87. The van der Waals surface area contributed by atoms with E-state index in [1.807, 2.05) is 0 Å². The summed E-state index contributed by atoms with van der Waals surface area (Å²) in [4.78, 5) is 0. The fraction of sp³-hybridized carbons (Fsp3) is 1.00. The summed E-state index contributed by atoms with van der Waals surface area (Å²) in [6.45, 7) is -0.584. The molecule has 19 heavy (non-hydrogen) atoms. The summed E-state index contributed by atoms with van der Waals surface area (Å²) in [6, 6.07) is 0. The number of hydrogen-bond acceptors (Lipinski definition) is 3. The van der Waals surface area contributed by atoms with Crippen LogP contribution in [-0.2, 0) is 14.9 Å². The van der Waals surface area contributed by atoms with Crippen LogP contribution in [0.15, 0.2) is 0 Å². The van der Waals surface area contributed by atoms with Crippen molar-refractivity contribution in [3.05, 3.63) is 0 Å².